The predicted octanol–water partition coefficient (Wildman–Crippen LogP) is 0.903. The lowest BCUT2D eigenvalue weighted by Gasteiger charge is -2.44. The van der Waals surface area contributed by atoms with E-state index in [1.807, 2.05) is 28.9 Å². The number of carbonyl (C=O) groups excluding carboxylic acids is 1. The first-order valence-corrected chi connectivity index (χ1v) is 11.5. The highest BCUT2D eigenvalue weighted by Gasteiger charge is 2.47. The van der Waals surface area contributed by atoms with Crippen molar-refractivity contribution in [3.8, 4) is 0 Å². The Morgan fingerprint density at radius 1 is 1.23 bits per heavy atom. The molecule has 3 heterocycles. The molecule has 1 aromatic rings. The van der Waals surface area contributed by atoms with Crippen LogP contribution in [0.2, 0.25) is 0 Å². The number of fused-ring (bicyclic) bond motifs is 1. The molecule has 1 amide bonds. The zero-order valence-electron chi connectivity index (χ0n) is 15.4. The third kappa shape index (κ3) is 3.81. The van der Waals surface area contributed by atoms with E-state index in [9.17, 15) is 13.2 Å². The van der Waals surface area contributed by atoms with Gasteiger partial charge in [0.25, 0.3) is 0 Å². The summed E-state index contributed by atoms with van der Waals surface area (Å²) >= 11 is 0. The van der Waals surface area contributed by atoms with Crippen molar-refractivity contribution in [3.05, 3.63) is 18.0 Å². The molecule has 144 valence electrons. The number of piperazine rings is 1. The minimum absolute atomic E-state index is 0.0939. The topological polar surface area (TPSA) is 75.5 Å². The molecule has 26 heavy (non-hydrogen) atoms. The third-order valence-electron chi connectivity index (χ3n) is 5.97. The molecular formula is C18H28N4O3S. The van der Waals surface area contributed by atoms with Crippen LogP contribution < -0.4 is 0 Å². The lowest BCUT2D eigenvalue weighted by Crippen LogP contribution is -2.60. The van der Waals surface area contributed by atoms with E-state index in [0.717, 1.165) is 31.0 Å². The highest BCUT2D eigenvalue weighted by atomic mass is 32.2. The molecule has 3 fully saturated rings. The number of nitrogens with zero attached hydrogens (tertiary/aromatic N) is 4. The van der Waals surface area contributed by atoms with Crippen LogP contribution in [-0.2, 0) is 27.7 Å². The second kappa shape index (κ2) is 6.96. The molecule has 4 rings (SSSR count). The van der Waals surface area contributed by atoms with Crippen molar-refractivity contribution in [3.63, 3.8) is 0 Å². The Morgan fingerprint density at radius 3 is 2.69 bits per heavy atom. The van der Waals surface area contributed by atoms with Gasteiger partial charge in [0, 0.05) is 50.4 Å². The molecule has 2 saturated heterocycles. The summed E-state index contributed by atoms with van der Waals surface area (Å²) in [6.07, 6.45) is 7.89. The van der Waals surface area contributed by atoms with Crippen molar-refractivity contribution in [1.82, 2.24) is 19.6 Å². The van der Waals surface area contributed by atoms with Crippen molar-refractivity contribution >= 4 is 15.7 Å². The molecule has 2 atom stereocenters. The molecule has 0 bridgehead atoms. The summed E-state index contributed by atoms with van der Waals surface area (Å²) in [6, 6.07) is -0.287. The van der Waals surface area contributed by atoms with Crippen LogP contribution in [0.3, 0.4) is 0 Å². The Bertz CT molecular complexity index is 771. The predicted molar refractivity (Wildman–Crippen MR) is 98.2 cm³/mol. The molecule has 2 aliphatic heterocycles. The molecule has 3 aliphatic rings. The highest BCUT2D eigenvalue weighted by molar-refractivity contribution is 7.91. The van der Waals surface area contributed by atoms with Crippen molar-refractivity contribution < 1.29 is 13.2 Å². The summed E-state index contributed by atoms with van der Waals surface area (Å²) in [5.41, 5.74) is 1.10. The zero-order chi connectivity index (χ0) is 18.3. The van der Waals surface area contributed by atoms with Crippen LogP contribution in [0, 0.1) is 5.92 Å². The van der Waals surface area contributed by atoms with E-state index in [1.165, 1.54) is 12.8 Å². The third-order valence-corrected chi connectivity index (χ3v) is 7.67. The minimum atomic E-state index is -3.10. The van der Waals surface area contributed by atoms with Gasteiger partial charge in [-0.05, 0) is 19.3 Å². The van der Waals surface area contributed by atoms with Gasteiger partial charge in [-0.3, -0.25) is 14.4 Å². The first-order chi connectivity index (χ1) is 12.4. The molecule has 1 aliphatic carbocycles. The number of carbonyl (C=O) groups is 1. The Morgan fingerprint density at radius 2 is 2.00 bits per heavy atom. The monoisotopic (exact) mass is 380 g/mol. The summed E-state index contributed by atoms with van der Waals surface area (Å²) in [6.45, 7) is 4.91. The fourth-order valence-corrected chi connectivity index (χ4v) is 6.32. The maximum atomic E-state index is 12.7. The molecule has 0 unspecified atom stereocenters. The summed E-state index contributed by atoms with van der Waals surface area (Å²) < 4.78 is 26.5. The fourth-order valence-electron chi connectivity index (χ4n) is 4.30. The lowest BCUT2D eigenvalue weighted by atomic mass is 10.0. The Kier molecular flexibility index (Phi) is 4.81. The van der Waals surface area contributed by atoms with Gasteiger partial charge in [0.15, 0.2) is 9.84 Å². The number of aryl methyl sites for hydroxylation is 1. The molecule has 1 saturated carbocycles. The molecule has 0 N–H and O–H groups in total. The first kappa shape index (κ1) is 18.0. The van der Waals surface area contributed by atoms with Gasteiger partial charge in [0.05, 0.1) is 23.7 Å². The minimum Gasteiger partial charge on any atom is -0.336 e. The molecule has 0 spiro atoms. The average molecular weight is 381 g/mol. The maximum Gasteiger partial charge on any atom is 0.222 e. The highest BCUT2D eigenvalue weighted by Crippen LogP contribution is 2.34. The molecule has 8 heteroatoms. The van der Waals surface area contributed by atoms with Crippen LogP contribution in [0.25, 0.3) is 0 Å². The van der Waals surface area contributed by atoms with E-state index in [0.29, 0.717) is 19.5 Å². The Hall–Kier alpha value is -1.41. The second-order valence-electron chi connectivity index (χ2n) is 7.96. The molecule has 7 nitrogen and oxygen atoms in total. The van der Waals surface area contributed by atoms with Crippen LogP contribution in [0.5, 0.6) is 0 Å². The van der Waals surface area contributed by atoms with E-state index < -0.39 is 9.84 Å². The summed E-state index contributed by atoms with van der Waals surface area (Å²) in [5, 5.41) is 4.31. The van der Waals surface area contributed by atoms with Gasteiger partial charge >= 0.3 is 0 Å². The van der Waals surface area contributed by atoms with Gasteiger partial charge in [-0.1, -0.05) is 12.8 Å². The molecular weight excluding hydrogens is 352 g/mol. The van der Waals surface area contributed by atoms with Gasteiger partial charge < -0.3 is 4.90 Å². The second-order valence-corrected chi connectivity index (χ2v) is 10.1. The molecule has 0 radical (unpaired) electrons. The number of rotatable bonds is 6. The van der Waals surface area contributed by atoms with Crippen LogP contribution in [0.1, 0.15) is 38.2 Å². The summed E-state index contributed by atoms with van der Waals surface area (Å²) in [5.74, 6) is 1.13. The van der Waals surface area contributed by atoms with E-state index in [2.05, 4.69) is 10.00 Å². The van der Waals surface area contributed by atoms with Gasteiger partial charge in [-0.25, -0.2) is 8.42 Å². The smallest absolute Gasteiger partial charge is 0.222 e. The van der Waals surface area contributed by atoms with Gasteiger partial charge in [0.2, 0.25) is 5.91 Å². The maximum absolute atomic E-state index is 12.7. The van der Waals surface area contributed by atoms with Crippen LogP contribution in [-0.4, -0.2) is 70.6 Å². The molecule has 1 aromatic heterocycles. The number of amides is 1. The van der Waals surface area contributed by atoms with Crippen molar-refractivity contribution in [2.24, 2.45) is 5.92 Å². The van der Waals surface area contributed by atoms with Crippen molar-refractivity contribution in [2.45, 2.75) is 57.8 Å². The largest absolute Gasteiger partial charge is 0.336 e. The Balaban J connectivity index is 1.46. The lowest BCUT2D eigenvalue weighted by molar-refractivity contribution is -0.137. The zero-order valence-corrected chi connectivity index (χ0v) is 16.2. The normalized spacial score (nSPS) is 28.3. The van der Waals surface area contributed by atoms with Gasteiger partial charge in [-0.15, -0.1) is 0 Å². The fraction of sp³-hybridized carbons (Fsp3) is 0.778. The summed E-state index contributed by atoms with van der Waals surface area (Å²) in [4.78, 5) is 16.8. The van der Waals surface area contributed by atoms with E-state index >= 15 is 0 Å². The van der Waals surface area contributed by atoms with E-state index in [-0.39, 0.29) is 29.5 Å². The van der Waals surface area contributed by atoms with E-state index in [1.54, 1.807) is 0 Å². The van der Waals surface area contributed by atoms with Crippen molar-refractivity contribution in [2.75, 3.05) is 24.6 Å². The average Bonchev–Trinajstić information content (AvgIpc) is 3.22. The number of sulfone groups is 1. The van der Waals surface area contributed by atoms with Gasteiger partial charge in [0.1, 0.15) is 0 Å². The number of hydrogen-bond donors (Lipinski definition) is 0. The Labute approximate surface area is 155 Å². The number of hydrogen-bond acceptors (Lipinski definition) is 5. The van der Waals surface area contributed by atoms with Crippen LogP contribution in [0.4, 0.5) is 0 Å². The van der Waals surface area contributed by atoms with Crippen molar-refractivity contribution in [1.29, 1.82) is 0 Å². The van der Waals surface area contributed by atoms with Crippen LogP contribution >= 0.6 is 0 Å². The standard InChI is InChI=1S/C18H28N4O3S/c1-2-21-11-15(9-19-21)10-20-7-8-22(18(23)6-5-14-3-4-14)17-13-26(24,25)12-16(17)20/h9,11,14,16-17H,2-8,10,12-13H2,1H3/t16-,17+/m1/s1. The molecule has 0 aromatic carbocycles. The SMILES string of the molecule is CCn1cc(CN2CCN(C(=O)CCC3CC3)[C@H]3CS(=O)(=O)C[C@H]32)cn1. The van der Waals surface area contributed by atoms with E-state index in [4.69, 9.17) is 0 Å². The number of aromatic nitrogens is 2. The van der Waals surface area contributed by atoms with Gasteiger partial charge in [-0.2, -0.15) is 5.10 Å². The summed E-state index contributed by atoms with van der Waals surface area (Å²) in [7, 11) is -3.10. The quantitative estimate of drug-likeness (QED) is 0.733. The first-order valence-electron chi connectivity index (χ1n) is 9.70. The van der Waals surface area contributed by atoms with Crippen LogP contribution in [0.15, 0.2) is 12.4 Å².